The van der Waals surface area contributed by atoms with E-state index in [0.717, 1.165) is 0 Å². The lowest BCUT2D eigenvalue weighted by Gasteiger charge is -2.10. The summed E-state index contributed by atoms with van der Waals surface area (Å²) in [5.41, 5.74) is 0. The lowest BCUT2D eigenvalue weighted by atomic mass is 10.5. The zero-order chi connectivity index (χ0) is 10.5. The van der Waals surface area contributed by atoms with Gasteiger partial charge in [0.25, 0.3) is 0 Å². The minimum atomic E-state index is -2.93. The maximum atomic E-state index is 11.0. The molecule has 0 radical (unpaired) electrons. The number of hydrogen-bond donors (Lipinski definition) is 1. The van der Waals surface area contributed by atoms with E-state index in [2.05, 4.69) is 5.32 Å². The molecular weight excluding hydrogens is 192 g/mol. The van der Waals surface area contributed by atoms with Gasteiger partial charge < -0.3 is 10.2 Å². The Morgan fingerprint density at radius 1 is 1.38 bits per heavy atom. The van der Waals surface area contributed by atoms with E-state index in [9.17, 15) is 13.2 Å². The van der Waals surface area contributed by atoms with Crippen LogP contribution in [0, 0.1) is 0 Å². The van der Waals surface area contributed by atoms with Crippen molar-refractivity contribution < 1.29 is 13.2 Å². The highest BCUT2D eigenvalue weighted by Crippen LogP contribution is 1.80. The monoisotopic (exact) mass is 208 g/mol. The van der Waals surface area contributed by atoms with Crippen molar-refractivity contribution in [2.45, 2.75) is 0 Å². The van der Waals surface area contributed by atoms with Crippen LogP contribution in [-0.2, 0) is 14.6 Å². The molecule has 0 heterocycles. The normalized spacial score (nSPS) is 11.3. The van der Waals surface area contributed by atoms with E-state index in [1.165, 1.54) is 11.2 Å². The van der Waals surface area contributed by atoms with Crippen LogP contribution in [0.15, 0.2) is 0 Å². The van der Waals surface area contributed by atoms with Crippen LogP contribution in [0.4, 0.5) is 0 Å². The molecule has 0 atom stereocenters. The molecule has 0 fully saturated rings. The van der Waals surface area contributed by atoms with Crippen LogP contribution in [-0.4, -0.2) is 58.4 Å². The first kappa shape index (κ1) is 12.4. The number of sulfone groups is 1. The largest absolute Gasteiger partial charge is 0.348 e. The van der Waals surface area contributed by atoms with E-state index in [1.807, 2.05) is 0 Å². The summed E-state index contributed by atoms with van der Waals surface area (Å²) in [5, 5.41) is 2.75. The number of rotatable bonds is 5. The summed E-state index contributed by atoms with van der Waals surface area (Å²) in [4.78, 5) is 12.4. The number of carbonyl (C=O) groups is 1. The molecule has 1 N–H and O–H groups in total. The summed E-state index contributed by atoms with van der Waals surface area (Å²) in [5.74, 6) is 0.00163. The summed E-state index contributed by atoms with van der Waals surface area (Å²) < 4.78 is 21.3. The molecule has 5 nitrogen and oxygen atoms in total. The molecule has 0 spiro atoms. The molecule has 0 unspecified atom stereocenters. The van der Waals surface area contributed by atoms with Crippen LogP contribution < -0.4 is 5.32 Å². The van der Waals surface area contributed by atoms with Gasteiger partial charge in [-0.15, -0.1) is 0 Å². The smallest absolute Gasteiger partial charge is 0.236 e. The fraction of sp³-hybridized carbons (Fsp3) is 0.857. The number of likely N-dealkylation sites (N-methyl/N-ethyl adjacent to an activating group) is 1. The van der Waals surface area contributed by atoms with Gasteiger partial charge in [-0.05, 0) is 0 Å². The van der Waals surface area contributed by atoms with Crippen molar-refractivity contribution in [3.05, 3.63) is 0 Å². The molecule has 6 heteroatoms. The summed E-state index contributed by atoms with van der Waals surface area (Å²) in [6.07, 6.45) is 1.17. The molecule has 0 rings (SSSR count). The van der Waals surface area contributed by atoms with Crippen molar-refractivity contribution in [3.8, 4) is 0 Å². The SMILES string of the molecule is CN(C)C(=O)CNCCS(C)(=O)=O. The van der Waals surface area contributed by atoms with Crippen molar-refractivity contribution >= 4 is 15.7 Å². The predicted molar refractivity (Wildman–Crippen MR) is 51.3 cm³/mol. The Morgan fingerprint density at radius 3 is 2.31 bits per heavy atom. The maximum absolute atomic E-state index is 11.0. The second-order valence-electron chi connectivity index (χ2n) is 3.09. The first-order valence-corrected chi connectivity index (χ1v) is 5.97. The van der Waals surface area contributed by atoms with Gasteiger partial charge in [-0.2, -0.15) is 0 Å². The van der Waals surface area contributed by atoms with Crippen LogP contribution in [0.1, 0.15) is 0 Å². The lowest BCUT2D eigenvalue weighted by molar-refractivity contribution is -0.127. The van der Waals surface area contributed by atoms with Crippen molar-refractivity contribution in [3.63, 3.8) is 0 Å². The minimum absolute atomic E-state index is 0.0616. The molecule has 0 bridgehead atoms. The van der Waals surface area contributed by atoms with E-state index in [1.54, 1.807) is 14.1 Å². The Morgan fingerprint density at radius 2 is 1.92 bits per heavy atom. The summed E-state index contributed by atoms with van der Waals surface area (Å²) in [6, 6.07) is 0. The van der Waals surface area contributed by atoms with E-state index in [4.69, 9.17) is 0 Å². The molecule has 0 saturated carbocycles. The lowest BCUT2D eigenvalue weighted by Crippen LogP contribution is -2.35. The molecule has 0 aliphatic rings. The number of nitrogens with one attached hydrogen (secondary N) is 1. The van der Waals surface area contributed by atoms with Gasteiger partial charge in [0, 0.05) is 26.9 Å². The van der Waals surface area contributed by atoms with Crippen LogP contribution in [0.5, 0.6) is 0 Å². The minimum Gasteiger partial charge on any atom is -0.348 e. The van der Waals surface area contributed by atoms with Gasteiger partial charge in [-0.3, -0.25) is 4.79 Å². The molecule has 1 amide bonds. The van der Waals surface area contributed by atoms with Crippen molar-refractivity contribution in [1.82, 2.24) is 10.2 Å². The second kappa shape index (κ2) is 5.18. The molecule has 78 valence electrons. The number of carbonyl (C=O) groups excluding carboxylic acids is 1. The molecule has 0 aromatic rings. The van der Waals surface area contributed by atoms with E-state index >= 15 is 0 Å². The average Bonchev–Trinajstić information content (AvgIpc) is 1.95. The fourth-order valence-corrected chi connectivity index (χ4v) is 1.13. The maximum Gasteiger partial charge on any atom is 0.236 e. The predicted octanol–water partition coefficient (Wildman–Crippen LogP) is -1.29. The summed E-state index contributed by atoms with van der Waals surface area (Å²) >= 11 is 0. The molecule has 0 aromatic heterocycles. The molecule has 13 heavy (non-hydrogen) atoms. The Kier molecular flexibility index (Phi) is 4.94. The topological polar surface area (TPSA) is 66.5 Å². The van der Waals surface area contributed by atoms with E-state index in [-0.39, 0.29) is 18.2 Å². The van der Waals surface area contributed by atoms with Gasteiger partial charge in [0.15, 0.2) is 0 Å². The highest BCUT2D eigenvalue weighted by Gasteiger charge is 2.04. The molecule has 0 aromatic carbocycles. The first-order chi connectivity index (χ1) is 5.83. The Hall–Kier alpha value is -0.620. The van der Waals surface area contributed by atoms with Gasteiger partial charge in [0.05, 0.1) is 12.3 Å². The van der Waals surface area contributed by atoms with Gasteiger partial charge in [0.2, 0.25) is 5.91 Å². The van der Waals surface area contributed by atoms with E-state index < -0.39 is 9.84 Å². The van der Waals surface area contributed by atoms with Gasteiger partial charge in [0.1, 0.15) is 9.84 Å². The van der Waals surface area contributed by atoms with Crippen molar-refractivity contribution in [2.75, 3.05) is 39.2 Å². The van der Waals surface area contributed by atoms with Crippen molar-refractivity contribution in [2.24, 2.45) is 0 Å². The van der Waals surface area contributed by atoms with Crippen LogP contribution in [0.3, 0.4) is 0 Å². The zero-order valence-electron chi connectivity index (χ0n) is 8.20. The third-order valence-corrected chi connectivity index (χ3v) is 2.37. The summed E-state index contributed by atoms with van der Waals surface area (Å²) in [6.45, 7) is 0.501. The van der Waals surface area contributed by atoms with Crippen LogP contribution >= 0.6 is 0 Å². The van der Waals surface area contributed by atoms with Crippen molar-refractivity contribution in [1.29, 1.82) is 0 Å². The molecule has 0 aliphatic carbocycles. The number of nitrogens with zero attached hydrogens (tertiary/aromatic N) is 1. The number of amides is 1. The standard InChI is InChI=1S/C7H16N2O3S/c1-9(2)7(10)6-8-4-5-13(3,11)12/h8H,4-6H2,1-3H3. The quantitative estimate of drug-likeness (QED) is 0.571. The Bertz CT molecular complexity index is 259. The third-order valence-electron chi connectivity index (χ3n) is 1.42. The third kappa shape index (κ3) is 7.73. The Balaban J connectivity index is 3.53. The molecule has 0 saturated heterocycles. The molecule has 0 aliphatic heterocycles. The average molecular weight is 208 g/mol. The fourth-order valence-electron chi connectivity index (χ4n) is 0.611. The van der Waals surface area contributed by atoms with Gasteiger partial charge >= 0.3 is 0 Å². The van der Waals surface area contributed by atoms with Crippen LogP contribution in [0.2, 0.25) is 0 Å². The van der Waals surface area contributed by atoms with Crippen LogP contribution in [0.25, 0.3) is 0 Å². The highest BCUT2D eigenvalue weighted by atomic mass is 32.2. The van der Waals surface area contributed by atoms with Gasteiger partial charge in [-0.25, -0.2) is 8.42 Å². The second-order valence-corrected chi connectivity index (χ2v) is 5.35. The zero-order valence-corrected chi connectivity index (χ0v) is 9.02. The van der Waals surface area contributed by atoms with Gasteiger partial charge in [-0.1, -0.05) is 0 Å². The van der Waals surface area contributed by atoms with E-state index in [0.29, 0.717) is 6.54 Å². The number of hydrogen-bond acceptors (Lipinski definition) is 4. The molecular formula is C7H16N2O3S. The summed E-state index contributed by atoms with van der Waals surface area (Å²) in [7, 11) is 0.377. The Labute approximate surface area is 79.0 Å². The first-order valence-electron chi connectivity index (χ1n) is 3.91. The highest BCUT2D eigenvalue weighted by molar-refractivity contribution is 7.90.